The first-order valence-electron chi connectivity index (χ1n) is 21.4. The Morgan fingerprint density at radius 1 is 0.429 bits per heavy atom. The smallest absolute Gasteiger partial charge is 0.136 e. The maximum absolute atomic E-state index is 6.19. The lowest BCUT2D eigenvalue weighted by molar-refractivity contribution is 0.669. The van der Waals surface area contributed by atoms with Gasteiger partial charge in [-0.15, -0.1) is 0 Å². The zero-order chi connectivity index (χ0) is 41.9. The highest BCUT2D eigenvalue weighted by Gasteiger charge is 2.18. The number of aromatic nitrogens is 1. The number of fused-ring (bicyclic) bond motifs is 9. The van der Waals surface area contributed by atoms with Crippen molar-refractivity contribution in [3.63, 3.8) is 0 Å². The molecule has 63 heavy (non-hydrogen) atoms. The van der Waals surface area contributed by atoms with Crippen LogP contribution >= 0.6 is 0 Å². The van der Waals surface area contributed by atoms with Crippen LogP contribution < -0.4 is 4.90 Å². The van der Waals surface area contributed by atoms with Crippen LogP contribution in [0.2, 0.25) is 0 Å². The predicted molar refractivity (Wildman–Crippen MR) is 267 cm³/mol. The Morgan fingerprint density at radius 3 is 1.68 bits per heavy atom. The number of hydrogen-bond acceptors (Lipinski definition) is 2. The van der Waals surface area contributed by atoms with E-state index < -0.39 is 0 Å². The SMILES string of the molecule is C=C/C(=C\C=C\c1ccc2c(c1)oc1ccccc12)N(c1ccc(-c2ccc(-c3ccccc3)cc2)cc1)c1ccc(-c2ccc3c(c2)c2cccc4c5ccccc5n3c42)cc1. The van der Waals surface area contributed by atoms with Crippen LogP contribution in [0.25, 0.3) is 99.5 Å². The Balaban J connectivity index is 0.901. The first-order valence-corrected chi connectivity index (χ1v) is 21.4. The third kappa shape index (κ3) is 6.21. The number of para-hydroxylation sites is 3. The van der Waals surface area contributed by atoms with Crippen LogP contribution in [0, 0.1) is 0 Å². The molecule has 0 bridgehead atoms. The number of benzene rings is 9. The normalized spacial score (nSPS) is 12.2. The Bertz CT molecular complexity index is 3720. The zero-order valence-electron chi connectivity index (χ0n) is 34.4. The summed E-state index contributed by atoms with van der Waals surface area (Å²) in [6.07, 6.45) is 8.26. The molecule has 0 unspecified atom stereocenters. The van der Waals surface area contributed by atoms with Gasteiger partial charge in [-0.3, -0.25) is 0 Å². The van der Waals surface area contributed by atoms with Crippen molar-refractivity contribution >= 4 is 77.5 Å². The molecule has 0 radical (unpaired) electrons. The second-order valence-electron chi connectivity index (χ2n) is 16.2. The molecule has 0 fully saturated rings. The maximum atomic E-state index is 6.19. The van der Waals surface area contributed by atoms with Crippen molar-refractivity contribution in [2.75, 3.05) is 4.90 Å². The first-order chi connectivity index (χ1) is 31.2. The van der Waals surface area contributed by atoms with Crippen LogP contribution in [-0.2, 0) is 0 Å². The third-order valence-electron chi connectivity index (χ3n) is 12.6. The molecule has 3 nitrogen and oxygen atoms in total. The van der Waals surface area contributed by atoms with E-state index in [0.29, 0.717) is 0 Å². The highest BCUT2D eigenvalue weighted by Crippen LogP contribution is 2.41. The van der Waals surface area contributed by atoms with Crippen LogP contribution in [0.1, 0.15) is 5.56 Å². The molecule has 0 N–H and O–H groups in total. The van der Waals surface area contributed by atoms with E-state index in [9.17, 15) is 0 Å². The molecule has 0 spiro atoms. The average Bonchev–Trinajstić information content (AvgIpc) is 4.01. The van der Waals surface area contributed by atoms with Gasteiger partial charge in [0.1, 0.15) is 11.2 Å². The highest BCUT2D eigenvalue weighted by atomic mass is 16.3. The van der Waals surface area contributed by atoms with E-state index in [1.807, 2.05) is 18.2 Å². The zero-order valence-corrected chi connectivity index (χ0v) is 34.4. The molecule has 0 aliphatic carbocycles. The molecule has 296 valence electrons. The van der Waals surface area contributed by atoms with Crippen LogP contribution in [0.3, 0.4) is 0 Å². The average molecular weight is 805 g/mol. The van der Waals surface area contributed by atoms with E-state index >= 15 is 0 Å². The maximum Gasteiger partial charge on any atom is 0.136 e. The fourth-order valence-corrected chi connectivity index (χ4v) is 9.49. The van der Waals surface area contributed by atoms with Crippen molar-refractivity contribution in [1.82, 2.24) is 4.40 Å². The van der Waals surface area contributed by atoms with Crippen molar-refractivity contribution in [3.05, 3.63) is 242 Å². The highest BCUT2D eigenvalue weighted by molar-refractivity contribution is 6.23. The number of allylic oxidation sites excluding steroid dienone is 3. The van der Waals surface area contributed by atoms with Gasteiger partial charge < -0.3 is 13.7 Å². The summed E-state index contributed by atoms with van der Waals surface area (Å²) in [4.78, 5) is 2.27. The second kappa shape index (κ2) is 14.9. The minimum Gasteiger partial charge on any atom is -0.456 e. The summed E-state index contributed by atoms with van der Waals surface area (Å²) in [6.45, 7) is 4.31. The van der Waals surface area contributed by atoms with Crippen molar-refractivity contribution in [2.45, 2.75) is 0 Å². The van der Waals surface area contributed by atoms with Crippen LogP contribution in [0.5, 0.6) is 0 Å². The molecular weight excluding hydrogens is 765 g/mol. The van der Waals surface area contributed by atoms with Gasteiger partial charge in [-0.25, -0.2) is 0 Å². The minimum absolute atomic E-state index is 0.881. The van der Waals surface area contributed by atoms with Gasteiger partial charge in [-0.2, -0.15) is 0 Å². The minimum atomic E-state index is 0.881. The summed E-state index contributed by atoms with van der Waals surface area (Å²) >= 11 is 0. The molecule has 0 amide bonds. The van der Waals surface area contributed by atoms with Gasteiger partial charge in [0.05, 0.1) is 16.6 Å². The van der Waals surface area contributed by atoms with Gasteiger partial charge in [0.2, 0.25) is 0 Å². The number of anilines is 2. The van der Waals surface area contributed by atoms with Gasteiger partial charge >= 0.3 is 0 Å². The summed E-state index contributed by atoms with van der Waals surface area (Å²) in [5, 5.41) is 7.40. The first kappa shape index (κ1) is 36.5. The molecule has 12 rings (SSSR count). The molecule has 0 saturated heterocycles. The summed E-state index contributed by atoms with van der Waals surface area (Å²) in [6, 6.07) is 73.9. The molecule has 3 heterocycles. The molecule has 12 aromatic rings. The Morgan fingerprint density at radius 2 is 0.968 bits per heavy atom. The lowest BCUT2D eigenvalue weighted by atomic mass is 10.00. The molecule has 9 aromatic carbocycles. The van der Waals surface area contributed by atoms with Crippen molar-refractivity contribution in [2.24, 2.45) is 0 Å². The predicted octanol–water partition coefficient (Wildman–Crippen LogP) is 16.7. The van der Waals surface area contributed by atoms with Gasteiger partial charge in [0.15, 0.2) is 0 Å². The largest absolute Gasteiger partial charge is 0.456 e. The third-order valence-corrected chi connectivity index (χ3v) is 12.6. The van der Waals surface area contributed by atoms with E-state index in [1.54, 1.807) is 0 Å². The van der Waals surface area contributed by atoms with E-state index in [1.165, 1.54) is 60.3 Å². The standard InChI is InChI=1S/C60H40N2O/c1-2-47(15-10-12-40-22-36-52-51-17-7-9-21-58(51)63-59(52)38-40)61(48-32-27-44(28-33-48)43-25-23-42(24-26-43)41-13-4-3-5-14-41)49-34-29-45(30-35-49)46-31-37-57-55(39-46)54-19-11-18-53-50-16-6-8-20-56(50)62(57)60(53)54/h2-39H,1H2/b12-10+,47-15+. The monoisotopic (exact) mass is 804 g/mol. The van der Waals surface area contributed by atoms with Crippen molar-refractivity contribution in [1.29, 1.82) is 0 Å². The number of furan rings is 1. The van der Waals surface area contributed by atoms with Crippen LogP contribution in [-0.4, -0.2) is 4.40 Å². The van der Waals surface area contributed by atoms with Gasteiger partial charge in [0, 0.05) is 49.4 Å². The van der Waals surface area contributed by atoms with E-state index in [-0.39, 0.29) is 0 Å². The van der Waals surface area contributed by atoms with E-state index in [2.05, 4.69) is 228 Å². The molecule has 0 aliphatic rings. The molecule has 3 heteroatoms. The molecule has 3 aromatic heterocycles. The van der Waals surface area contributed by atoms with Crippen LogP contribution in [0.4, 0.5) is 11.4 Å². The summed E-state index contributed by atoms with van der Waals surface area (Å²) in [5.41, 5.74) is 16.7. The molecular formula is C60H40N2O. The number of nitrogens with zero attached hydrogens (tertiary/aromatic N) is 2. The number of rotatable bonds is 9. The van der Waals surface area contributed by atoms with Gasteiger partial charge in [-0.05, 0) is 112 Å². The van der Waals surface area contributed by atoms with Gasteiger partial charge in [0.25, 0.3) is 0 Å². The van der Waals surface area contributed by atoms with E-state index in [4.69, 9.17) is 4.42 Å². The molecule has 0 atom stereocenters. The molecule has 0 saturated carbocycles. The Hall–Kier alpha value is -8.40. The van der Waals surface area contributed by atoms with E-state index in [0.717, 1.165) is 55.7 Å². The fourth-order valence-electron chi connectivity index (χ4n) is 9.49. The summed E-state index contributed by atoms with van der Waals surface area (Å²) < 4.78 is 8.62. The lowest BCUT2D eigenvalue weighted by Gasteiger charge is -2.26. The van der Waals surface area contributed by atoms with Gasteiger partial charge in [-0.1, -0.05) is 164 Å². The van der Waals surface area contributed by atoms with Crippen molar-refractivity contribution in [3.8, 4) is 33.4 Å². The van der Waals surface area contributed by atoms with Crippen LogP contribution in [0.15, 0.2) is 241 Å². The Kier molecular flexibility index (Phi) is 8.65. The Labute approximate surface area is 365 Å². The lowest BCUT2D eigenvalue weighted by Crippen LogP contribution is -2.14. The number of hydrogen-bond donors (Lipinski definition) is 0. The van der Waals surface area contributed by atoms with Crippen molar-refractivity contribution < 1.29 is 4.42 Å². The second-order valence-corrected chi connectivity index (χ2v) is 16.2. The quantitative estimate of drug-likeness (QED) is 0.136. The summed E-state index contributed by atoms with van der Waals surface area (Å²) in [5.74, 6) is 0. The molecule has 0 aliphatic heterocycles. The topological polar surface area (TPSA) is 20.8 Å². The summed E-state index contributed by atoms with van der Waals surface area (Å²) in [7, 11) is 0. The fraction of sp³-hybridized carbons (Fsp3) is 0.